The van der Waals surface area contributed by atoms with E-state index in [1.54, 1.807) is 13.2 Å². The van der Waals surface area contributed by atoms with Crippen LogP contribution in [0.2, 0.25) is 0 Å². The Morgan fingerprint density at radius 3 is 2.71 bits per heavy atom. The van der Waals surface area contributed by atoms with E-state index in [0.29, 0.717) is 25.4 Å². The first-order chi connectivity index (χ1) is 10.1. The first-order valence-corrected chi connectivity index (χ1v) is 6.83. The SMILES string of the molecule is CCOCc1ccccc1CNC(=O)c1nn(C)cc1N. The largest absolute Gasteiger partial charge is 0.396 e. The van der Waals surface area contributed by atoms with Gasteiger partial charge in [0.2, 0.25) is 0 Å². The third-order valence-corrected chi connectivity index (χ3v) is 3.09. The fourth-order valence-corrected chi connectivity index (χ4v) is 2.03. The molecule has 0 aliphatic carbocycles. The van der Waals surface area contributed by atoms with E-state index in [0.717, 1.165) is 11.1 Å². The van der Waals surface area contributed by atoms with E-state index < -0.39 is 0 Å². The van der Waals surface area contributed by atoms with Crippen LogP contribution in [0.1, 0.15) is 28.5 Å². The number of hydrogen-bond acceptors (Lipinski definition) is 4. The lowest BCUT2D eigenvalue weighted by atomic mass is 10.1. The molecule has 0 spiro atoms. The predicted octanol–water partition coefficient (Wildman–Crippen LogP) is 1.47. The van der Waals surface area contributed by atoms with Crippen LogP contribution >= 0.6 is 0 Å². The second-order valence-corrected chi connectivity index (χ2v) is 4.70. The van der Waals surface area contributed by atoms with Crippen molar-refractivity contribution in [2.45, 2.75) is 20.1 Å². The molecule has 112 valence electrons. The van der Waals surface area contributed by atoms with Gasteiger partial charge in [-0.05, 0) is 18.1 Å². The Kier molecular flexibility index (Phi) is 4.94. The zero-order valence-electron chi connectivity index (χ0n) is 12.3. The summed E-state index contributed by atoms with van der Waals surface area (Å²) in [5.41, 5.74) is 8.45. The van der Waals surface area contributed by atoms with Gasteiger partial charge in [0.1, 0.15) is 0 Å². The molecule has 21 heavy (non-hydrogen) atoms. The van der Waals surface area contributed by atoms with E-state index in [-0.39, 0.29) is 11.6 Å². The lowest BCUT2D eigenvalue weighted by molar-refractivity contribution is 0.0945. The Hall–Kier alpha value is -2.34. The zero-order valence-corrected chi connectivity index (χ0v) is 12.3. The number of hydrogen-bond donors (Lipinski definition) is 2. The van der Waals surface area contributed by atoms with Crippen molar-refractivity contribution in [2.75, 3.05) is 12.3 Å². The molecule has 1 aromatic heterocycles. The molecule has 6 nitrogen and oxygen atoms in total. The van der Waals surface area contributed by atoms with Crippen LogP contribution in [-0.4, -0.2) is 22.3 Å². The average Bonchev–Trinajstić information content (AvgIpc) is 2.82. The summed E-state index contributed by atoms with van der Waals surface area (Å²) in [7, 11) is 1.73. The minimum Gasteiger partial charge on any atom is -0.396 e. The quantitative estimate of drug-likeness (QED) is 0.843. The molecule has 1 heterocycles. The molecule has 6 heteroatoms. The number of aromatic nitrogens is 2. The normalized spacial score (nSPS) is 10.6. The summed E-state index contributed by atoms with van der Waals surface area (Å²) in [4.78, 5) is 12.1. The molecule has 0 saturated carbocycles. The van der Waals surface area contributed by atoms with Gasteiger partial charge in [-0.15, -0.1) is 0 Å². The minimum absolute atomic E-state index is 0.250. The number of benzene rings is 1. The summed E-state index contributed by atoms with van der Waals surface area (Å²) in [6.07, 6.45) is 1.61. The molecule has 1 aromatic carbocycles. The van der Waals surface area contributed by atoms with E-state index >= 15 is 0 Å². The first kappa shape index (κ1) is 15.1. The smallest absolute Gasteiger partial charge is 0.274 e. The van der Waals surface area contributed by atoms with E-state index in [4.69, 9.17) is 10.5 Å². The summed E-state index contributed by atoms with van der Waals surface area (Å²) < 4.78 is 6.95. The third kappa shape index (κ3) is 3.82. The fourth-order valence-electron chi connectivity index (χ4n) is 2.03. The number of anilines is 1. The van der Waals surface area contributed by atoms with Gasteiger partial charge >= 0.3 is 0 Å². The van der Waals surface area contributed by atoms with Crippen molar-refractivity contribution in [3.05, 3.63) is 47.3 Å². The first-order valence-electron chi connectivity index (χ1n) is 6.83. The van der Waals surface area contributed by atoms with Crippen LogP contribution in [0.5, 0.6) is 0 Å². The van der Waals surface area contributed by atoms with Crippen LogP contribution < -0.4 is 11.1 Å². The summed E-state index contributed by atoms with van der Waals surface area (Å²) in [6, 6.07) is 7.85. The second kappa shape index (κ2) is 6.90. The maximum Gasteiger partial charge on any atom is 0.274 e. The highest BCUT2D eigenvalue weighted by Gasteiger charge is 2.14. The summed E-state index contributed by atoms with van der Waals surface area (Å²) in [6.45, 7) is 3.56. The number of aryl methyl sites for hydroxylation is 1. The standard InChI is InChI=1S/C15H20N4O2/c1-3-21-10-12-7-5-4-6-11(12)8-17-15(20)14-13(16)9-19(2)18-14/h4-7,9H,3,8,10,16H2,1-2H3,(H,17,20). The monoisotopic (exact) mass is 288 g/mol. The van der Waals surface area contributed by atoms with E-state index in [1.165, 1.54) is 4.68 Å². The highest BCUT2D eigenvalue weighted by atomic mass is 16.5. The van der Waals surface area contributed by atoms with Gasteiger partial charge in [-0.1, -0.05) is 24.3 Å². The molecule has 0 saturated heterocycles. The van der Waals surface area contributed by atoms with Gasteiger partial charge in [0.15, 0.2) is 5.69 Å². The predicted molar refractivity (Wildman–Crippen MR) is 80.6 cm³/mol. The van der Waals surface area contributed by atoms with Gasteiger partial charge in [0.25, 0.3) is 5.91 Å². The van der Waals surface area contributed by atoms with E-state index in [9.17, 15) is 4.79 Å². The molecule has 0 fully saturated rings. The van der Waals surface area contributed by atoms with Crippen LogP contribution in [0.15, 0.2) is 30.5 Å². The number of amides is 1. The Morgan fingerprint density at radius 1 is 1.38 bits per heavy atom. The highest BCUT2D eigenvalue weighted by molar-refractivity contribution is 5.96. The topological polar surface area (TPSA) is 82.2 Å². The highest BCUT2D eigenvalue weighted by Crippen LogP contribution is 2.12. The van der Waals surface area contributed by atoms with E-state index in [2.05, 4.69) is 10.4 Å². The van der Waals surface area contributed by atoms with Gasteiger partial charge in [-0.2, -0.15) is 5.10 Å². The van der Waals surface area contributed by atoms with Gasteiger partial charge in [-0.25, -0.2) is 0 Å². The Bertz CT molecular complexity index is 622. The van der Waals surface area contributed by atoms with E-state index in [1.807, 2.05) is 31.2 Å². The van der Waals surface area contributed by atoms with Crippen molar-refractivity contribution in [3.8, 4) is 0 Å². The van der Waals surface area contributed by atoms with Gasteiger partial charge < -0.3 is 15.8 Å². The molecule has 0 aliphatic rings. The molecular weight excluding hydrogens is 268 g/mol. The molecule has 2 rings (SSSR count). The number of nitrogen functional groups attached to an aromatic ring is 1. The average molecular weight is 288 g/mol. The van der Waals surface area contributed by atoms with Crippen LogP contribution in [0, 0.1) is 0 Å². The number of nitrogens with one attached hydrogen (secondary N) is 1. The lowest BCUT2D eigenvalue weighted by Gasteiger charge is -2.10. The summed E-state index contributed by atoms with van der Waals surface area (Å²) >= 11 is 0. The Balaban J connectivity index is 2.03. The van der Waals surface area contributed by atoms with Gasteiger partial charge in [0, 0.05) is 26.4 Å². The number of rotatable bonds is 6. The molecule has 0 bridgehead atoms. The second-order valence-electron chi connectivity index (χ2n) is 4.70. The van der Waals surface area contributed by atoms with Crippen molar-refractivity contribution >= 4 is 11.6 Å². The number of carbonyl (C=O) groups excluding carboxylic acids is 1. The summed E-state index contributed by atoms with van der Waals surface area (Å²) in [5, 5.41) is 6.89. The summed E-state index contributed by atoms with van der Waals surface area (Å²) in [5.74, 6) is -0.278. The molecule has 0 radical (unpaired) electrons. The fraction of sp³-hybridized carbons (Fsp3) is 0.333. The maximum atomic E-state index is 12.1. The van der Waals surface area contributed by atoms with Crippen molar-refractivity contribution in [1.29, 1.82) is 0 Å². The van der Waals surface area contributed by atoms with Crippen LogP contribution in [-0.2, 0) is 24.9 Å². The number of nitrogens with two attached hydrogens (primary N) is 1. The van der Waals surface area contributed by atoms with Crippen LogP contribution in [0.25, 0.3) is 0 Å². The molecule has 0 aliphatic heterocycles. The Labute approximate surface area is 123 Å². The van der Waals surface area contributed by atoms with Crippen molar-refractivity contribution < 1.29 is 9.53 Å². The van der Waals surface area contributed by atoms with Crippen molar-refractivity contribution in [3.63, 3.8) is 0 Å². The molecular formula is C15H20N4O2. The number of ether oxygens (including phenoxy) is 1. The molecule has 0 atom stereocenters. The molecule has 1 amide bonds. The molecule has 3 N–H and O–H groups in total. The molecule has 0 unspecified atom stereocenters. The number of carbonyl (C=O) groups is 1. The van der Waals surface area contributed by atoms with Gasteiger partial charge in [-0.3, -0.25) is 9.48 Å². The van der Waals surface area contributed by atoms with Crippen molar-refractivity contribution in [1.82, 2.24) is 15.1 Å². The van der Waals surface area contributed by atoms with Crippen LogP contribution in [0.4, 0.5) is 5.69 Å². The van der Waals surface area contributed by atoms with Crippen molar-refractivity contribution in [2.24, 2.45) is 7.05 Å². The minimum atomic E-state index is -0.278. The third-order valence-electron chi connectivity index (χ3n) is 3.09. The van der Waals surface area contributed by atoms with Crippen LogP contribution in [0.3, 0.4) is 0 Å². The lowest BCUT2D eigenvalue weighted by Crippen LogP contribution is -2.24. The van der Waals surface area contributed by atoms with Gasteiger partial charge in [0.05, 0.1) is 12.3 Å². The molecule has 2 aromatic rings. The number of nitrogens with zero attached hydrogens (tertiary/aromatic N) is 2. The Morgan fingerprint density at radius 2 is 2.10 bits per heavy atom. The maximum absolute atomic E-state index is 12.1. The zero-order chi connectivity index (χ0) is 15.2.